The summed E-state index contributed by atoms with van der Waals surface area (Å²) in [6.07, 6.45) is -3.92. The van der Waals surface area contributed by atoms with Crippen LogP contribution in [0.4, 0.5) is 18.9 Å². The van der Waals surface area contributed by atoms with Crippen molar-refractivity contribution in [2.75, 3.05) is 11.9 Å². The Morgan fingerprint density at radius 3 is 2.17 bits per heavy atom. The van der Waals surface area contributed by atoms with Crippen LogP contribution in [0.5, 0.6) is 5.75 Å². The molecule has 0 aliphatic heterocycles. The van der Waals surface area contributed by atoms with Gasteiger partial charge in [-0.2, -0.15) is 13.2 Å². The molecular weight excluding hydrogens is 629 g/mol. The SMILES string of the molecule is CCOc1cc(C(Nc2ccc(C(=N)N)cc2)C(=O)NNC(=O)c2cccn(C)c2=O)ccc1C(=O)OC(C)C.O=C(O)C(F)(F)F. The predicted molar refractivity (Wildman–Crippen MR) is 163 cm³/mol. The number of aromatic nitrogens is 1. The molecule has 3 rings (SSSR count). The summed E-state index contributed by atoms with van der Waals surface area (Å²) < 4.78 is 44.0. The van der Waals surface area contributed by atoms with E-state index in [0.29, 0.717) is 16.8 Å². The number of pyridine rings is 1. The van der Waals surface area contributed by atoms with Crippen molar-refractivity contribution in [3.63, 3.8) is 0 Å². The molecule has 47 heavy (non-hydrogen) atoms. The molecule has 1 atom stereocenters. The maximum absolute atomic E-state index is 13.4. The van der Waals surface area contributed by atoms with E-state index in [-0.39, 0.29) is 35.4 Å². The number of esters is 1. The number of amides is 2. The number of carboxylic acid groups (broad SMARTS) is 1. The molecule has 0 aliphatic rings. The average molecular weight is 663 g/mol. The molecule has 0 saturated carbocycles. The fraction of sp³-hybridized carbons (Fsp3) is 0.267. The number of amidine groups is 1. The van der Waals surface area contributed by atoms with Gasteiger partial charge in [0, 0.05) is 24.5 Å². The summed E-state index contributed by atoms with van der Waals surface area (Å²) in [7, 11) is 1.51. The number of nitrogens with zero attached hydrogens (tertiary/aromatic N) is 1. The van der Waals surface area contributed by atoms with Crippen molar-refractivity contribution in [1.29, 1.82) is 5.41 Å². The molecule has 0 aliphatic carbocycles. The Kier molecular flexibility index (Phi) is 13.1. The molecule has 252 valence electrons. The Balaban J connectivity index is 0.000000984. The Hall–Kier alpha value is -5.87. The molecule has 3 aromatic rings. The minimum absolute atomic E-state index is 0.110. The molecule has 0 fully saturated rings. The van der Waals surface area contributed by atoms with Gasteiger partial charge >= 0.3 is 18.1 Å². The van der Waals surface area contributed by atoms with Crippen molar-refractivity contribution >= 4 is 35.3 Å². The third-order valence-electron chi connectivity index (χ3n) is 5.88. The molecule has 2 amide bonds. The minimum Gasteiger partial charge on any atom is -0.493 e. The van der Waals surface area contributed by atoms with Crippen molar-refractivity contribution in [2.24, 2.45) is 12.8 Å². The summed E-state index contributed by atoms with van der Waals surface area (Å²) in [4.78, 5) is 59.8. The van der Waals surface area contributed by atoms with Crippen LogP contribution in [-0.4, -0.2) is 58.1 Å². The summed E-state index contributed by atoms with van der Waals surface area (Å²) in [5.41, 5.74) is 11.1. The number of rotatable bonds is 10. The van der Waals surface area contributed by atoms with Crippen LogP contribution in [0.25, 0.3) is 0 Å². The number of halogens is 3. The molecule has 0 bridgehead atoms. The number of hydrazine groups is 1. The first-order valence-electron chi connectivity index (χ1n) is 13.7. The van der Waals surface area contributed by atoms with E-state index < -0.39 is 41.5 Å². The van der Waals surface area contributed by atoms with Crippen molar-refractivity contribution in [2.45, 2.75) is 39.1 Å². The topological polar surface area (TPSA) is 215 Å². The maximum Gasteiger partial charge on any atom is 0.490 e. The zero-order valence-corrected chi connectivity index (χ0v) is 25.6. The van der Waals surface area contributed by atoms with E-state index in [1.807, 2.05) is 0 Å². The first-order chi connectivity index (χ1) is 22.0. The largest absolute Gasteiger partial charge is 0.493 e. The lowest BCUT2D eigenvalue weighted by Gasteiger charge is -2.22. The quantitative estimate of drug-likeness (QED) is 0.0808. The number of carboxylic acids is 1. The summed E-state index contributed by atoms with van der Waals surface area (Å²) >= 11 is 0. The Bertz CT molecular complexity index is 1670. The van der Waals surface area contributed by atoms with Crippen LogP contribution in [0.3, 0.4) is 0 Å². The number of hydrogen-bond donors (Lipinski definition) is 6. The molecule has 17 heteroatoms. The van der Waals surface area contributed by atoms with Gasteiger partial charge in [0.05, 0.1) is 12.7 Å². The number of nitrogens with two attached hydrogens (primary N) is 1. The van der Waals surface area contributed by atoms with Gasteiger partial charge in [0.1, 0.15) is 28.8 Å². The fourth-order valence-corrected chi connectivity index (χ4v) is 3.68. The Morgan fingerprint density at radius 2 is 1.64 bits per heavy atom. The number of alkyl halides is 3. The predicted octanol–water partition coefficient (Wildman–Crippen LogP) is 2.88. The molecule has 0 saturated heterocycles. The standard InChI is InChI=1S/C28H32N6O6.C2HF3O2/c1-5-39-22-15-18(10-13-20(22)28(38)40-16(2)3)23(31-19-11-8-17(9-12-19)24(29)30)26(36)33-32-25(35)21-7-6-14-34(4)27(21)37;3-2(4,5)1(6)7/h6-16,23,31H,5H2,1-4H3,(H3,29,30)(H,32,35)(H,33,36);(H,6,7). The number of benzene rings is 2. The van der Waals surface area contributed by atoms with Crippen LogP contribution in [0.1, 0.15) is 58.7 Å². The Labute approximate surface area is 266 Å². The number of nitrogen functional groups attached to an aromatic ring is 1. The lowest BCUT2D eigenvalue weighted by molar-refractivity contribution is -0.192. The second kappa shape index (κ2) is 16.4. The van der Waals surface area contributed by atoms with Crippen LogP contribution in [0, 0.1) is 5.41 Å². The number of hydrogen-bond acceptors (Lipinski definition) is 9. The molecule has 14 nitrogen and oxygen atoms in total. The van der Waals surface area contributed by atoms with E-state index in [9.17, 15) is 32.3 Å². The highest BCUT2D eigenvalue weighted by atomic mass is 19.4. The monoisotopic (exact) mass is 662 g/mol. The summed E-state index contributed by atoms with van der Waals surface area (Å²) in [5.74, 6) is -4.68. The van der Waals surface area contributed by atoms with E-state index in [1.54, 1.807) is 51.1 Å². The molecule has 1 heterocycles. The number of aryl methyl sites for hydroxylation is 1. The normalized spacial score (nSPS) is 11.3. The third-order valence-corrected chi connectivity index (χ3v) is 5.88. The summed E-state index contributed by atoms with van der Waals surface area (Å²) in [6, 6.07) is 12.9. The number of carbonyl (C=O) groups is 4. The van der Waals surface area contributed by atoms with Crippen LogP contribution in [0.2, 0.25) is 0 Å². The Morgan fingerprint density at radius 1 is 1.02 bits per heavy atom. The second-order valence-electron chi connectivity index (χ2n) is 9.80. The minimum atomic E-state index is -5.08. The number of anilines is 1. The van der Waals surface area contributed by atoms with Gasteiger partial charge < -0.3 is 30.2 Å². The fourth-order valence-electron chi connectivity index (χ4n) is 3.68. The molecule has 0 spiro atoms. The number of aliphatic carboxylic acids is 1. The number of ether oxygens (including phenoxy) is 2. The lowest BCUT2D eigenvalue weighted by Crippen LogP contribution is -2.47. The van der Waals surface area contributed by atoms with Crippen molar-refractivity contribution in [3.05, 3.63) is 93.4 Å². The number of carbonyl (C=O) groups excluding carboxylic acids is 3. The molecular formula is C30H33F3N6O8. The highest BCUT2D eigenvalue weighted by Gasteiger charge is 2.38. The zero-order valence-electron chi connectivity index (χ0n) is 25.6. The van der Waals surface area contributed by atoms with Gasteiger partial charge in [0.25, 0.3) is 17.4 Å². The van der Waals surface area contributed by atoms with E-state index in [0.717, 1.165) is 0 Å². The van der Waals surface area contributed by atoms with Crippen molar-refractivity contribution in [1.82, 2.24) is 15.4 Å². The summed E-state index contributed by atoms with van der Waals surface area (Å²) in [5, 5.41) is 17.8. The van der Waals surface area contributed by atoms with Gasteiger partial charge in [0.2, 0.25) is 0 Å². The van der Waals surface area contributed by atoms with Crippen molar-refractivity contribution < 1.29 is 46.9 Å². The smallest absolute Gasteiger partial charge is 0.490 e. The van der Waals surface area contributed by atoms with E-state index in [4.69, 9.17) is 30.5 Å². The summed E-state index contributed by atoms with van der Waals surface area (Å²) in [6.45, 7) is 5.47. The van der Waals surface area contributed by atoms with Crippen LogP contribution in [-0.2, 0) is 21.4 Å². The maximum atomic E-state index is 13.4. The molecule has 2 aromatic carbocycles. The van der Waals surface area contributed by atoms with Gasteiger partial charge in [-0.25, -0.2) is 9.59 Å². The van der Waals surface area contributed by atoms with Gasteiger partial charge in [-0.1, -0.05) is 6.07 Å². The van der Waals surface area contributed by atoms with Gasteiger partial charge in [-0.05, 0) is 74.9 Å². The molecule has 1 unspecified atom stereocenters. The third kappa shape index (κ3) is 10.9. The van der Waals surface area contributed by atoms with Gasteiger partial charge in [-0.3, -0.25) is 30.6 Å². The van der Waals surface area contributed by atoms with Gasteiger partial charge in [0.15, 0.2) is 0 Å². The highest BCUT2D eigenvalue weighted by Crippen LogP contribution is 2.28. The highest BCUT2D eigenvalue weighted by molar-refractivity contribution is 5.97. The van der Waals surface area contributed by atoms with Crippen LogP contribution >= 0.6 is 0 Å². The van der Waals surface area contributed by atoms with Crippen molar-refractivity contribution in [3.8, 4) is 5.75 Å². The van der Waals surface area contributed by atoms with Crippen LogP contribution in [0.15, 0.2) is 65.6 Å². The lowest BCUT2D eigenvalue weighted by atomic mass is 10.0. The average Bonchev–Trinajstić information content (AvgIpc) is 2.99. The first kappa shape index (κ1) is 37.3. The van der Waals surface area contributed by atoms with E-state index in [1.165, 1.54) is 42.1 Å². The van der Waals surface area contributed by atoms with Gasteiger partial charge in [-0.15, -0.1) is 0 Å². The zero-order chi connectivity index (χ0) is 35.5. The molecule has 7 N–H and O–H groups in total. The van der Waals surface area contributed by atoms with E-state index >= 15 is 0 Å². The number of nitrogens with one attached hydrogen (secondary N) is 4. The molecule has 1 aromatic heterocycles. The second-order valence-corrected chi connectivity index (χ2v) is 9.80. The molecule has 0 radical (unpaired) electrons. The van der Waals surface area contributed by atoms with Crippen LogP contribution < -0.4 is 32.2 Å². The first-order valence-corrected chi connectivity index (χ1v) is 13.7. The van der Waals surface area contributed by atoms with E-state index in [2.05, 4.69) is 16.2 Å².